The van der Waals surface area contributed by atoms with Gasteiger partial charge in [-0.25, -0.2) is 13.1 Å². The average Bonchev–Trinajstić information content (AvgIpc) is 2.26. The fourth-order valence-electron chi connectivity index (χ4n) is 1.67. The molecule has 0 radical (unpaired) electrons. The second-order valence-electron chi connectivity index (χ2n) is 4.85. The van der Waals surface area contributed by atoms with Crippen LogP contribution in [0, 0.1) is 0 Å². The minimum atomic E-state index is -3.65. The Morgan fingerprint density at radius 1 is 1.42 bits per heavy atom. The van der Waals surface area contributed by atoms with Crippen molar-refractivity contribution in [2.45, 2.75) is 30.9 Å². The maximum absolute atomic E-state index is 12.3. The molecule has 0 fully saturated rings. The van der Waals surface area contributed by atoms with Crippen LogP contribution in [0.2, 0.25) is 0 Å². The quantitative estimate of drug-likeness (QED) is 0.816. The Morgan fingerprint density at radius 3 is 2.53 bits per heavy atom. The van der Waals surface area contributed by atoms with E-state index in [-0.39, 0.29) is 18.1 Å². The van der Waals surface area contributed by atoms with Gasteiger partial charge in [0.05, 0.1) is 23.6 Å². The van der Waals surface area contributed by atoms with Crippen LogP contribution >= 0.6 is 15.9 Å². The molecular weight excluding hydrogens is 334 g/mol. The first kappa shape index (κ1) is 16.6. The first-order valence-electron chi connectivity index (χ1n) is 5.64. The number of sulfonamides is 1. The number of ether oxygens (including phenoxy) is 1. The van der Waals surface area contributed by atoms with Gasteiger partial charge in [-0.05, 0) is 47.5 Å². The van der Waals surface area contributed by atoms with E-state index in [0.717, 1.165) is 0 Å². The predicted molar refractivity (Wildman–Crippen MR) is 76.3 cm³/mol. The van der Waals surface area contributed by atoms with Gasteiger partial charge >= 0.3 is 0 Å². The van der Waals surface area contributed by atoms with E-state index < -0.39 is 15.6 Å². The molecule has 7 heteroatoms. The van der Waals surface area contributed by atoms with Gasteiger partial charge in [0.15, 0.2) is 0 Å². The van der Waals surface area contributed by atoms with Crippen molar-refractivity contribution in [1.82, 2.24) is 4.72 Å². The fraction of sp³-hybridized carbons (Fsp3) is 0.500. The van der Waals surface area contributed by atoms with Crippen LogP contribution in [-0.4, -0.2) is 32.8 Å². The fourth-order valence-corrected chi connectivity index (χ4v) is 4.19. The van der Waals surface area contributed by atoms with Gasteiger partial charge in [0.1, 0.15) is 0 Å². The van der Waals surface area contributed by atoms with Crippen LogP contribution in [0.15, 0.2) is 27.6 Å². The third kappa shape index (κ3) is 4.54. The smallest absolute Gasteiger partial charge is 0.242 e. The minimum absolute atomic E-state index is 0.133. The summed E-state index contributed by atoms with van der Waals surface area (Å²) in [6, 6.07) is 4.61. The molecule has 19 heavy (non-hydrogen) atoms. The van der Waals surface area contributed by atoms with Crippen LogP contribution in [0.4, 0.5) is 0 Å². The molecule has 108 valence electrons. The molecule has 1 aromatic rings. The molecule has 5 nitrogen and oxygen atoms in total. The third-order valence-electron chi connectivity index (χ3n) is 2.38. The number of benzene rings is 1. The summed E-state index contributed by atoms with van der Waals surface area (Å²) in [5.41, 5.74) is -0.0650. The molecule has 1 rings (SSSR count). The van der Waals surface area contributed by atoms with Crippen LogP contribution in [0.3, 0.4) is 0 Å². The standard InChI is InChI=1S/C12H18BrNO4S/c1-12(2,8-18-3)14-19(16,17)11-5-4-9(7-15)6-10(11)13/h4-6,14-15H,7-8H2,1-3H3. The van der Waals surface area contributed by atoms with E-state index in [2.05, 4.69) is 20.7 Å². The molecule has 1 aromatic carbocycles. The highest BCUT2D eigenvalue weighted by Crippen LogP contribution is 2.24. The molecule has 0 bridgehead atoms. The zero-order chi connectivity index (χ0) is 14.7. The third-order valence-corrected chi connectivity index (χ3v) is 5.06. The first-order valence-corrected chi connectivity index (χ1v) is 7.92. The molecule has 0 aliphatic rings. The molecule has 0 unspecified atom stereocenters. The van der Waals surface area contributed by atoms with Crippen LogP contribution in [0.25, 0.3) is 0 Å². The SMILES string of the molecule is COCC(C)(C)NS(=O)(=O)c1ccc(CO)cc1Br. The van der Waals surface area contributed by atoms with Crippen molar-refractivity contribution >= 4 is 26.0 Å². The van der Waals surface area contributed by atoms with Gasteiger partial charge in [-0.2, -0.15) is 0 Å². The van der Waals surface area contributed by atoms with Gasteiger partial charge in [-0.3, -0.25) is 0 Å². The van der Waals surface area contributed by atoms with E-state index in [1.807, 2.05) is 0 Å². The summed E-state index contributed by atoms with van der Waals surface area (Å²) in [4.78, 5) is 0.133. The zero-order valence-electron chi connectivity index (χ0n) is 11.1. The molecule has 0 saturated carbocycles. The van der Waals surface area contributed by atoms with E-state index in [0.29, 0.717) is 10.0 Å². The molecule has 0 aliphatic heterocycles. The number of halogens is 1. The lowest BCUT2D eigenvalue weighted by Gasteiger charge is -2.25. The van der Waals surface area contributed by atoms with E-state index in [9.17, 15) is 8.42 Å². The Bertz CT molecular complexity index is 543. The molecule has 0 spiro atoms. The Kier molecular flexibility index (Phi) is 5.52. The lowest BCUT2D eigenvalue weighted by atomic mass is 10.1. The minimum Gasteiger partial charge on any atom is -0.392 e. The van der Waals surface area contributed by atoms with Crippen LogP contribution in [0.5, 0.6) is 0 Å². The number of aliphatic hydroxyl groups is 1. The average molecular weight is 352 g/mol. The summed E-state index contributed by atoms with van der Waals surface area (Å²) in [6.45, 7) is 3.61. The summed E-state index contributed by atoms with van der Waals surface area (Å²) >= 11 is 3.21. The van der Waals surface area contributed by atoms with Crippen molar-refractivity contribution in [3.8, 4) is 0 Å². The first-order chi connectivity index (χ1) is 8.72. The summed E-state index contributed by atoms with van der Waals surface area (Å²) < 4.78 is 32.6. The number of aliphatic hydroxyl groups excluding tert-OH is 1. The Hall–Kier alpha value is -0.470. The predicted octanol–water partition coefficient (Wildman–Crippen LogP) is 1.64. The molecule has 0 saturated heterocycles. The normalized spacial score (nSPS) is 12.7. The topological polar surface area (TPSA) is 75.6 Å². The van der Waals surface area contributed by atoms with Gasteiger partial charge in [0, 0.05) is 11.6 Å². The van der Waals surface area contributed by atoms with E-state index in [1.54, 1.807) is 26.0 Å². The summed E-state index contributed by atoms with van der Waals surface area (Å²) in [5, 5.41) is 9.01. The molecule has 0 aliphatic carbocycles. The van der Waals surface area contributed by atoms with Crippen molar-refractivity contribution in [2.24, 2.45) is 0 Å². The molecule has 0 aromatic heterocycles. The highest BCUT2D eigenvalue weighted by molar-refractivity contribution is 9.10. The molecular formula is C12H18BrNO4S. The van der Waals surface area contributed by atoms with Crippen LogP contribution < -0.4 is 4.72 Å². The van der Waals surface area contributed by atoms with Gasteiger partial charge in [0.2, 0.25) is 10.0 Å². The van der Waals surface area contributed by atoms with Gasteiger partial charge in [0.25, 0.3) is 0 Å². The number of hydrogen-bond donors (Lipinski definition) is 2. The van der Waals surface area contributed by atoms with Crippen LogP contribution in [-0.2, 0) is 21.4 Å². The second kappa shape index (κ2) is 6.32. The Balaban J connectivity index is 3.07. The largest absolute Gasteiger partial charge is 0.392 e. The summed E-state index contributed by atoms with van der Waals surface area (Å²) in [6.07, 6.45) is 0. The van der Waals surface area contributed by atoms with Crippen LogP contribution in [0.1, 0.15) is 19.4 Å². The van der Waals surface area contributed by atoms with E-state index in [4.69, 9.17) is 9.84 Å². The Morgan fingerprint density at radius 2 is 2.05 bits per heavy atom. The number of rotatable bonds is 6. The zero-order valence-corrected chi connectivity index (χ0v) is 13.5. The second-order valence-corrected chi connectivity index (χ2v) is 7.35. The highest BCUT2D eigenvalue weighted by Gasteiger charge is 2.27. The van der Waals surface area contributed by atoms with Crippen molar-refractivity contribution in [3.63, 3.8) is 0 Å². The molecule has 0 heterocycles. The highest BCUT2D eigenvalue weighted by atomic mass is 79.9. The molecule has 0 amide bonds. The number of methoxy groups -OCH3 is 1. The lowest BCUT2D eigenvalue weighted by molar-refractivity contribution is 0.141. The number of nitrogens with one attached hydrogen (secondary N) is 1. The maximum atomic E-state index is 12.3. The molecule has 2 N–H and O–H groups in total. The Labute approximate surface area is 122 Å². The number of hydrogen-bond acceptors (Lipinski definition) is 4. The van der Waals surface area contributed by atoms with Crippen molar-refractivity contribution in [2.75, 3.05) is 13.7 Å². The van der Waals surface area contributed by atoms with Crippen molar-refractivity contribution < 1.29 is 18.3 Å². The van der Waals surface area contributed by atoms with Crippen molar-refractivity contribution in [1.29, 1.82) is 0 Å². The van der Waals surface area contributed by atoms with Gasteiger partial charge < -0.3 is 9.84 Å². The lowest BCUT2D eigenvalue weighted by Crippen LogP contribution is -2.46. The van der Waals surface area contributed by atoms with Crippen molar-refractivity contribution in [3.05, 3.63) is 28.2 Å². The van der Waals surface area contributed by atoms with E-state index in [1.165, 1.54) is 13.2 Å². The molecule has 0 atom stereocenters. The summed E-state index contributed by atoms with van der Waals surface area (Å²) in [5.74, 6) is 0. The summed E-state index contributed by atoms with van der Waals surface area (Å²) in [7, 11) is -2.14. The van der Waals surface area contributed by atoms with E-state index >= 15 is 0 Å². The monoisotopic (exact) mass is 351 g/mol. The van der Waals surface area contributed by atoms with Gasteiger partial charge in [-0.15, -0.1) is 0 Å². The van der Waals surface area contributed by atoms with Gasteiger partial charge in [-0.1, -0.05) is 6.07 Å². The maximum Gasteiger partial charge on any atom is 0.242 e.